The van der Waals surface area contributed by atoms with Crippen LogP contribution in [0.3, 0.4) is 0 Å². The zero-order valence-corrected chi connectivity index (χ0v) is 62.6. The first-order chi connectivity index (χ1) is 47.1. The molecular weight excluding hydrogens is 1370 g/mol. The van der Waals surface area contributed by atoms with Crippen LogP contribution < -0.4 is 5.32 Å². The fourth-order valence-corrected chi connectivity index (χ4v) is 15.7. The fourth-order valence-electron chi connectivity index (χ4n) is 11.8. The van der Waals surface area contributed by atoms with Crippen molar-refractivity contribution in [3.05, 3.63) is 206 Å². The Kier molecular flexibility index (Phi) is 21.7. The predicted molar refractivity (Wildman–Crippen MR) is 391 cm³/mol. The molecule has 0 fully saturated rings. The van der Waals surface area contributed by atoms with Gasteiger partial charge in [0.15, 0.2) is 23.3 Å². The van der Waals surface area contributed by atoms with Crippen molar-refractivity contribution < 1.29 is 28.6 Å². The van der Waals surface area contributed by atoms with E-state index in [2.05, 4.69) is 103 Å². The average molecular weight is 1450 g/mol. The quantitative estimate of drug-likeness (QED) is 0.0908. The van der Waals surface area contributed by atoms with Gasteiger partial charge in [0, 0.05) is 101 Å². The minimum atomic E-state index is -0.592. The van der Waals surface area contributed by atoms with Crippen LogP contribution in [0.5, 0.6) is 0 Å². The number of benzene rings is 3. The van der Waals surface area contributed by atoms with E-state index in [1.54, 1.807) is 53.6 Å². The van der Waals surface area contributed by atoms with Gasteiger partial charge in [-0.15, -0.1) is 64.6 Å². The molecule has 3 aromatic carbocycles. The maximum Gasteiger partial charge on any atom is 0.308 e. The van der Waals surface area contributed by atoms with Crippen molar-refractivity contribution in [3.63, 3.8) is 0 Å². The number of thiophene rings is 3. The molecule has 10 aromatic rings. The number of carbonyl (C=O) groups excluding carboxylic acids is 3. The number of esters is 2. The first-order valence-electron chi connectivity index (χ1n) is 32.4. The minimum Gasteiger partial charge on any atom is -0.460 e. The van der Waals surface area contributed by atoms with E-state index in [1.165, 1.54) is 20.2 Å². The number of amides is 1. The maximum absolute atomic E-state index is 12.9. The molecule has 0 spiro atoms. The topological polar surface area (TPSA) is 249 Å². The Labute approximate surface area is 602 Å². The number of ether oxygens (including phenoxy) is 3. The van der Waals surface area contributed by atoms with Gasteiger partial charge in [0.05, 0.1) is 42.7 Å². The lowest BCUT2D eigenvalue weighted by Gasteiger charge is -2.21. The number of aryl methyl sites for hydroxylation is 5. The molecule has 7 aromatic heterocycles. The highest BCUT2D eigenvalue weighted by molar-refractivity contribution is 7.15. The summed E-state index contributed by atoms with van der Waals surface area (Å²) in [5.74, 6) is 3.48. The van der Waals surface area contributed by atoms with Crippen LogP contribution >= 0.6 is 68.8 Å². The molecule has 3 aliphatic heterocycles. The Bertz CT molecular complexity index is 4740. The number of carbonyl (C=O) groups is 3. The van der Waals surface area contributed by atoms with Crippen LogP contribution in [0.2, 0.25) is 15.1 Å². The van der Waals surface area contributed by atoms with Crippen molar-refractivity contribution in [1.29, 1.82) is 0 Å². The number of methoxy groups -OCH3 is 1. The second-order valence-electron chi connectivity index (χ2n) is 26.2. The molecule has 0 saturated heterocycles. The summed E-state index contributed by atoms with van der Waals surface area (Å²) in [5.41, 5.74) is 11.7. The summed E-state index contributed by atoms with van der Waals surface area (Å²) >= 11 is 23.5. The van der Waals surface area contributed by atoms with E-state index in [0.717, 1.165) is 100 Å². The highest BCUT2D eigenvalue weighted by Crippen LogP contribution is 2.44. The molecular formula is C72H78Cl3N15O6S3. The Balaban J connectivity index is 0.000000150. The molecule has 0 radical (unpaired) electrons. The first kappa shape index (κ1) is 71.9. The number of halogens is 3. The smallest absolute Gasteiger partial charge is 0.308 e. The molecule has 27 heteroatoms. The average Bonchev–Trinajstić information content (AvgIpc) is 1.61. The Morgan fingerprint density at radius 2 is 0.919 bits per heavy atom. The number of nitrogens with one attached hydrogen (secondary N) is 2. The number of H-pyrrole nitrogens is 1. The number of nitrogens with zero attached hydrogens (tertiary/aromatic N) is 13. The van der Waals surface area contributed by atoms with Crippen LogP contribution in [0.4, 0.5) is 0 Å². The number of aromatic nitrogens is 11. The maximum atomic E-state index is 12.9. The third-order valence-electron chi connectivity index (χ3n) is 16.7. The van der Waals surface area contributed by atoms with Crippen molar-refractivity contribution >= 4 is 104 Å². The summed E-state index contributed by atoms with van der Waals surface area (Å²) in [6.07, 6.45) is 5.10. The molecule has 3 atom stereocenters. The zero-order chi connectivity index (χ0) is 70.9. The fraction of sp³-hybridized carbons (Fsp3) is 0.375. The molecule has 10 heterocycles. The van der Waals surface area contributed by atoms with Gasteiger partial charge in [-0.05, 0) is 143 Å². The van der Waals surface area contributed by atoms with Gasteiger partial charge < -0.3 is 24.5 Å². The molecule has 13 rings (SSSR count). The van der Waals surface area contributed by atoms with Crippen LogP contribution in [-0.4, -0.2) is 114 Å². The highest BCUT2D eigenvalue weighted by Gasteiger charge is 2.38. The standard InChI is InChI=1S/C24H24ClN7OS.C24H27ClN4O3S.C24H27ClN4O2S/c1-13-14(2)34-24-21(13)22(16-4-6-17(25)7-5-16)29-19(23-31-30-15(3)32(23)24)10-20(33)27-9-8-18-11-26-12-28-18;1-13-14(2)33-23-20(13)21(15-7-9-16(25)10-8-15)26-17(11-19(30)32-24(3,4)5)22-28-27-18(12-31-6)29(22)23;1-7-18-27-28-22-17(12-19(30)31-24(4,5)6)26-21(15-8-10-16(25)11-9-15)20-13(2)14(3)32-23(20)29(18)22/h4-7,11-12,19H,8-10H2,1-3H3,(H,26,28)(H,27,33);7-10,17H,11-12H2,1-6H3;8-11,17H,7,12H2,1-6H3/t19-;2*17-/m000/s1. The molecule has 99 heavy (non-hydrogen) atoms. The predicted octanol–water partition coefficient (Wildman–Crippen LogP) is 15.4. The number of rotatable bonds is 15. The minimum absolute atomic E-state index is 0.0481. The van der Waals surface area contributed by atoms with Crippen LogP contribution in [-0.2, 0) is 48.0 Å². The molecule has 516 valence electrons. The molecule has 0 unspecified atom stereocenters. The lowest BCUT2D eigenvalue weighted by molar-refractivity contribution is -0.156. The summed E-state index contributed by atoms with van der Waals surface area (Å²) in [6, 6.07) is 21.4. The summed E-state index contributed by atoms with van der Waals surface area (Å²) in [5, 5.41) is 34.5. The van der Waals surface area contributed by atoms with E-state index in [0.29, 0.717) is 51.3 Å². The molecule has 3 aliphatic rings. The van der Waals surface area contributed by atoms with Crippen molar-refractivity contribution in [2.75, 3.05) is 13.7 Å². The largest absolute Gasteiger partial charge is 0.460 e. The number of imidazole rings is 1. The van der Waals surface area contributed by atoms with Gasteiger partial charge in [-0.25, -0.2) is 4.98 Å². The van der Waals surface area contributed by atoms with E-state index in [4.69, 9.17) is 64.0 Å². The van der Waals surface area contributed by atoms with E-state index in [-0.39, 0.29) is 43.7 Å². The molecule has 0 saturated carbocycles. The van der Waals surface area contributed by atoms with Gasteiger partial charge in [-0.3, -0.25) is 43.1 Å². The Morgan fingerprint density at radius 1 is 0.535 bits per heavy atom. The number of fused-ring (bicyclic) bond motifs is 9. The van der Waals surface area contributed by atoms with Gasteiger partial charge in [-0.1, -0.05) is 78.1 Å². The van der Waals surface area contributed by atoms with Gasteiger partial charge in [0.25, 0.3) is 0 Å². The van der Waals surface area contributed by atoms with Gasteiger partial charge in [-0.2, -0.15) is 0 Å². The Hall–Kier alpha value is -8.36. The lowest BCUT2D eigenvalue weighted by atomic mass is 9.99. The lowest BCUT2D eigenvalue weighted by Crippen LogP contribution is -2.27. The van der Waals surface area contributed by atoms with Crippen LogP contribution in [0.1, 0.15) is 191 Å². The third-order valence-corrected chi connectivity index (χ3v) is 21.0. The van der Waals surface area contributed by atoms with Gasteiger partial charge in [0.2, 0.25) is 5.91 Å². The SMILES string of the molecule is CCc1nnc2n1-c1sc(C)c(C)c1C(c1ccc(Cl)cc1)=N[C@H]2CC(=O)OC(C)(C)C.COCc1nnc2n1-c1sc(C)c(C)c1C(c1ccc(Cl)cc1)=N[C@H]2CC(=O)OC(C)(C)C.Cc1sc2c(c1C)C(c1ccc(Cl)cc1)=N[C@@H](CC(=O)NCCc1cnc[nH]1)c1nnc(C)n1-2. The third kappa shape index (κ3) is 15.8. The van der Waals surface area contributed by atoms with Crippen molar-refractivity contribution in [2.24, 2.45) is 15.0 Å². The Morgan fingerprint density at radius 3 is 1.31 bits per heavy atom. The van der Waals surface area contributed by atoms with Crippen molar-refractivity contribution in [1.82, 2.24) is 59.6 Å². The van der Waals surface area contributed by atoms with E-state index in [9.17, 15) is 14.4 Å². The van der Waals surface area contributed by atoms with E-state index in [1.807, 2.05) is 126 Å². The van der Waals surface area contributed by atoms with Gasteiger partial charge in [0.1, 0.15) is 62.6 Å². The molecule has 21 nitrogen and oxygen atoms in total. The van der Waals surface area contributed by atoms with Gasteiger partial charge >= 0.3 is 11.9 Å². The monoisotopic (exact) mass is 1450 g/mol. The zero-order valence-electron chi connectivity index (χ0n) is 57.9. The van der Waals surface area contributed by atoms with E-state index >= 15 is 0 Å². The summed E-state index contributed by atoms with van der Waals surface area (Å²) in [4.78, 5) is 64.5. The molecule has 0 bridgehead atoms. The number of hydrogen-bond acceptors (Lipinski definition) is 19. The number of hydrogen-bond donors (Lipinski definition) is 2. The second kappa shape index (κ2) is 29.8. The van der Waals surface area contributed by atoms with E-state index < -0.39 is 29.3 Å². The normalized spacial score (nSPS) is 15.3. The summed E-state index contributed by atoms with van der Waals surface area (Å²) in [6.45, 7) is 28.5. The summed E-state index contributed by atoms with van der Waals surface area (Å²) < 4.78 is 22.7. The van der Waals surface area contributed by atoms with Crippen LogP contribution in [0.25, 0.3) is 15.0 Å². The molecule has 0 aliphatic carbocycles. The number of aliphatic imine (C=N–C) groups is 3. The number of aromatic amines is 1. The highest BCUT2D eigenvalue weighted by atomic mass is 35.5. The summed E-state index contributed by atoms with van der Waals surface area (Å²) in [7, 11) is 1.62. The van der Waals surface area contributed by atoms with Crippen molar-refractivity contribution in [3.8, 4) is 15.0 Å². The first-order valence-corrected chi connectivity index (χ1v) is 36.0. The van der Waals surface area contributed by atoms with Crippen molar-refractivity contribution in [2.45, 2.75) is 165 Å². The second-order valence-corrected chi connectivity index (χ2v) is 31.1. The molecule has 2 N–H and O–H groups in total. The molecule has 1 amide bonds. The van der Waals surface area contributed by atoms with Crippen LogP contribution in [0.15, 0.2) is 100 Å². The van der Waals surface area contributed by atoms with Crippen LogP contribution in [0, 0.1) is 48.5 Å².